The summed E-state index contributed by atoms with van der Waals surface area (Å²) in [4.78, 5) is 24.1. The fraction of sp³-hybridized carbons (Fsp3) is 0. The van der Waals surface area contributed by atoms with E-state index >= 15 is 0 Å². The third-order valence-corrected chi connectivity index (χ3v) is 2.45. The quantitative estimate of drug-likeness (QED) is 0.733. The predicted octanol–water partition coefficient (Wildman–Crippen LogP) is 1.38. The molecule has 0 aromatic carbocycles. The lowest BCUT2D eigenvalue weighted by molar-refractivity contribution is 0.102. The van der Waals surface area contributed by atoms with E-state index in [0.717, 1.165) is 0 Å². The Morgan fingerprint density at radius 2 is 1.89 bits per heavy atom. The Balaban J connectivity index is 1.95. The van der Waals surface area contributed by atoms with Crippen LogP contribution in [0.25, 0.3) is 5.65 Å². The fourth-order valence-electron chi connectivity index (χ4n) is 1.66. The first kappa shape index (κ1) is 10.4. The number of aromatic nitrogens is 4. The number of fused-ring (bicyclic) bond motifs is 1. The van der Waals surface area contributed by atoms with E-state index < -0.39 is 0 Å². The van der Waals surface area contributed by atoms with E-state index in [2.05, 4.69) is 20.3 Å². The van der Waals surface area contributed by atoms with Crippen LogP contribution in [0.15, 0.2) is 49.2 Å². The van der Waals surface area contributed by atoms with Gasteiger partial charge in [0, 0.05) is 31.0 Å². The van der Waals surface area contributed by atoms with Crippen molar-refractivity contribution in [2.45, 2.75) is 0 Å². The summed E-state index contributed by atoms with van der Waals surface area (Å²) in [6, 6.07) is 5.18. The summed E-state index contributed by atoms with van der Waals surface area (Å²) in [5.41, 5.74) is 1.08. The Labute approximate surface area is 102 Å². The van der Waals surface area contributed by atoms with Crippen molar-refractivity contribution in [3.8, 4) is 0 Å². The van der Waals surface area contributed by atoms with Gasteiger partial charge in [-0.2, -0.15) is 0 Å². The summed E-state index contributed by atoms with van der Waals surface area (Å²) >= 11 is 0. The van der Waals surface area contributed by atoms with E-state index in [0.29, 0.717) is 11.2 Å². The molecular formula is C12H9N5O. The van der Waals surface area contributed by atoms with Gasteiger partial charge in [0.05, 0.1) is 5.56 Å². The third kappa shape index (κ3) is 1.80. The minimum atomic E-state index is -0.280. The lowest BCUT2D eigenvalue weighted by atomic mass is 10.2. The van der Waals surface area contributed by atoms with Crippen LogP contribution in [0.5, 0.6) is 0 Å². The fourth-order valence-corrected chi connectivity index (χ4v) is 1.66. The number of carbonyl (C=O) groups excluding carboxylic acids is 1. The Morgan fingerprint density at radius 3 is 2.72 bits per heavy atom. The molecule has 1 N–H and O–H groups in total. The number of amides is 1. The van der Waals surface area contributed by atoms with Crippen molar-refractivity contribution in [2.24, 2.45) is 0 Å². The summed E-state index contributed by atoms with van der Waals surface area (Å²) in [6.45, 7) is 0. The molecule has 0 saturated heterocycles. The largest absolute Gasteiger partial charge is 0.306 e. The second kappa shape index (κ2) is 4.25. The molecule has 1 amide bonds. The van der Waals surface area contributed by atoms with Gasteiger partial charge in [0.15, 0.2) is 0 Å². The molecule has 3 heterocycles. The number of nitrogens with zero attached hydrogens (tertiary/aromatic N) is 4. The van der Waals surface area contributed by atoms with Gasteiger partial charge in [-0.1, -0.05) is 0 Å². The summed E-state index contributed by atoms with van der Waals surface area (Å²) in [6.07, 6.45) is 8.39. The number of anilines is 1. The molecule has 6 heteroatoms. The van der Waals surface area contributed by atoms with Gasteiger partial charge in [-0.3, -0.25) is 10.1 Å². The highest BCUT2D eigenvalue weighted by molar-refractivity contribution is 6.07. The van der Waals surface area contributed by atoms with Crippen LogP contribution in [0.3, 0.4) is 0 Å². The Hall–Kier alpha value is -2.76. The van der Waals surface area contributed by atoms with Gasteiger partial charge in [-0.25, -0.2) is 15.0 Å². The van der Waals surface area contributed by atoms with Gasteiger partial charge >= 0.3 is 0 Å². The van der Waals surface area contributed by atoms with E-state index in [1.165, 1.54) is 0 Å². The first-order valence-electron chi connectivity index (χ1n) is 5.34. The van der Waals surface area contributed by atoms with Crippen LogP contribution in [-0.2, 0) is 0 Å². The first-order valence-corrected chi connectivity index (χ1v) is 5.34. The number of imidazole rings is 1. The lowest BCUT2D eigenvalue weighted by Gasteiger charge is -2.04. The van der Waals surface area contributed by atoms with Crippen molar-refractivity contribution < 1.29 is 4.79 Å². The minimum Gasteiger partial charge on any atom is -0.306 e. The maximum atomic E-state index is 12.1. The highest BCUT2D eigenvalue weighted by Gasteiger charge is 2.12. The van der Waals surface area contributed by atoms with E-state index in [-0.39, 0.29) is 11.9 Å². The SMILES string of the molecule is O=C(Nc1ncccn1)c1cccn2ccnc12. The van der Waals surface area contributed by atoms with Crippen LogP contribution in [0.2, 0.25) is 0 Å². The summed E-state index contributed by atoms with van der Waals surface area (Å²) < 4.78 is 1.78. The van der Waals surface area contributed by atoms with Crippen molar-refractivity contribution in [3.63, 3.8) is 0 Å². The molecule has 0 radical (unpaired) electrons. The number of nitrogens with one attached hydrogen (secondary N) is 1. The highest BCUT2D eigenvalue weighted by Crippen LogP contribution is 2.10. The van der Waals surface area contributed by atoms with Crippen LogP contribution in [0.4, 0.5) is 5.95 Å². The van der Waals surface area contributed by atoms with Crippen LogP contribution in [0, 0.1) is 0 Å². The van der Waals surface area contributed by atoms with Crippen molar-refractivity contribution in [1.82, 2.24) is 19.4 Å². The number of hydrogen-bond acceptors (Lipinski definition) is 4. The van der Waals surface area contributed by atoms with E-state index in [9.17, 15) is 4.79 Å². The number of hydrogen-bond donors (Lipinski definition) is 1. The van der Waals surface area contributed by atoms with Gasteiger partial charge in [0.2, 0.25) is 5.95 Å². The maximum Gasteiger partial charge on any atom is 0.261 e. The standard InChI is InChI=1S/C12H9N5O/c18-11(16-12-14-4-2-5-15-12)9-3-1-7-17-8-6-13-10(9)17/h1-8H,(H,14,15,16,18). The average Bonchev–Trinajstić information content (AvgIpc) is 2.87. The normalized spacial score (nSPS) is 10.4. The van der Waals surface area contributed by atoms with Gasteiger partial charge in [0.1, 0.15) is 5.65 Å². The number of rotatable bonds is 2. The van der Waals surface area contributed by atoms with Crippen molar-refractivity contribution in [1.29, 1.82) is 0 Å². The second-order valence-corrected chi connectivity index (χ2v) is 3.61. The smallest absolute Gasteiger partial charge is 0.261 e. The van der Waals surface area contributed by atoms with Crippen molar-refractivity contribution >= 4 is 17.5 Å². The van der Waals surface area contributed by atoms with Gasteiger partial charge in [0.25, 0.3) is 5.91 Å². The number of carbonyl (C=O) groups is 1. The molecule has 0 fully saturated rings. The summed E-state index contributed by atoms with van der Waals surface area (Å²) in [5.74, 6) is -0.00550. The maximum absolute atomic E-state index is 12.1. The van der Waals surface area contributed by atoms with E-state index in [4.69, 9.17) is 0 Å². The minimum absolute atomic E-state index is 0.274. The third-order valence-electron chi connectivity index (χ3n) is 2.45. The first-order chi connectivity index (χ1) is 8.84. The van der Waals surface area contributed by atoms with Gasteiger partial charge in [-0.15, -0.1) is 0 Å². The Bertz CT molecular complexity index is 692. The molecular weight excluding hydrogens is 230 g/mol. The van der Waals surface area contributed by atoms with Gasteiger partial charge < -0.3 is 4.40 Å². The summed E-state index contributed by atoms with van der Waals surface area (Å²) in [5, 5.41) is 2.63. The lowest BCUT2D eigenvalue weighted by Crippen LogP contribution is -2.15. The zero-order chi connectivity index (χ0) is 12.4. The molecule has 0 aliphatic rings. The van der Waals surface area contributed by atoms with Crippen molar-refractivity contribution in [3.05, 3.63) is 54.7 Å². The Kier molecular flexibility index (Phi) is 2.45. The molecule has 3 aromatic rings. The second-order valence-electron chi connectivity index (χ2n) is 3.61. The van der Waals surface area contributed by atoms with Crippen LogP contribution < -0.4 is 5.32 Å². The zero-order valence-corrected chi connectivity index (χ0v) is 9.32. The van der Waals surface area contributed by atoms with Crippen molar-refractivity contribution in [2.75, 3.05) is 5.32 Å². The Morgan fingerprint density at radius 1 is 1.06 bits per heavy atom. The molecule has 0 bridgehead atoms. The molecule has 18 heavy (non-hydrogen) atoms. The molecule has 0 saturated carbocycles. The topological polar surface area (TPSA) is 72.2 Å². The molecule has 88 valence electrons. The predicted molar refractivity (Wildman–Crippen MR) is 65.2 cm³/mol. The number of pyridine rings is 1. The highest BCUT2D eigenvalue weighted by atomic mass is 16.1. The molecule has 0 aliphatic heterocycles. The monoisotopic (exact) mass is 239 g/mol. The molecule has 0 aliphatic carbocycles. The molecule has 0 atom stereocenters. The van der Waals surface area contributed by atoms with Crippen LogP contribution in [-0.4, -0.2) is 25.3 Å². The summed E-state index contributed by atoms with van der Waals surface area (Å²) in [7, 11) is 0. The van der Waals surface area contributed by atoms with E-state index in [1.807, 2.05) is 6.20 Å². The molecule has 0 spiro atoms. The average molecular weight is 239 g/mol. The molecule has 3 aromatic heterocycles. The van der Waals surface area contributed by atoms with E-state index in [1.54, 1.807) is 47.4 Å². The zero-order valence-electron chi connectivity index (χ0n) is 9.32. The molecule has 3 rings (SSSR count). The van der Waals surface area contributed by atoms with Crippen LogP contribution >= 0.6 is 0 Å². The van der Waals surface area contributed by atoms with Gasteiger partial charge in [-0.05, 0) is 18.2 Å². The molecule has 0 unspecified atom stereocenters. The molecule has 6 nitrogen and oxygen atoms in total. The van der Waals surface area contributed by atoms with Crippen LogP contribution in [0.1, 0.15) is 10.4 Å².